The lowest BCUT2D eigenvalue weighted by Crippen LogP contribution is -2.08. The summed E-state index contributed by atoms with van der Waals surface area (Å²) < 4.78 is 2.25. The molecule has 4 heteroatoms. The van der Waals surface area contributed by atoms with Gasteiger partial charge in [-0.15, -0.1) is 0 Å². The largest absolute Gasteiger partial charge is 0.383 e. The Morgan fingerprint density at radius 1 is 1.19 bits per heavy atom. The van der Waals surface area contributed by atoms with Crippen LogP contribution in [0.4, 0.5) is 11.5 Å². The first-order valence-corrected chi connectivity index (χ1v) is 7.64. The summed E-state index contributed by atoms with van der Waals surface area (Å²) in [7, 11) is 4.09. The Morgan fingerprint density at radius 2 is 1.81 bits per heavy atom. The molecule has 0 atom stereocenters. The number of imidazole rings is 1. The summed E-state index contributed by atoms with van der Waals surface area (Å²) in [5, 5.41) is 0. The zero-order chi connectivity index (χ0) is 15.1. The molecule has 0 saturated heterocycles. The lowest BCUT2D eigenvalue weighted by Gasteiger charge is -2.12. The predicted octanol–water partition coefficient (Wildman–Crippen LogP) is 3.66. The van der Waals surface area contributed by atoms with Crippen LogP contribution >= 0.6 is 0 Å². The topological polar surface area (TPSA) is 47.1 Å². The number of nitrogens with zero attached hydrogens (tertiary/aromatic N) is 3. The van der Waals surface area contributed by atoms with E-state index in [1.165, 1.54) is 18.5 Å². The highest BCUT2D eigenvalue weighted by Gasteiger charge is 2.30. The second kappa shape index (κ2) is 5.10. The van der Waals surface area contributed by atoms with Gasteiger partial charge in [-0.3, -0.25) is 0 Å². The molecule has 1 fully saturated rings. The molecular weight excluding hydrogens is 260 g/mol. The van der Waals surface area contributed by atoms with Crippen molar-refractivity contribution >= 4 is 11.5 Å². The molecule has 1 heterocycles. The van der Waals surface area contributed by atoms with Gasteiger partial charge in [0.1, 0.15) is 17.3 Å². The highest BCUT2D eigenvalue weighted by molar-refractivity contribution is 5.73. The lowest BCUT2D eigenvalue weighted by atomic mass is 10.1. The number of hydrogen-bond donors (Lipinski definition) is 1. The minimum Gasteiger partial charge on any atom is -0.383 e. The first-order chi connectivity index (χ1) is 9.99. The molecule has 0 aliphatic heterocycles. The first-order valence-electron chi connectivity index (χ1n) is 7.64. The molecule has 0 radical (unpaired) electrons. The molecule has 112 valence electrons. The molecule has 0 spiro atoms. The number of benzene rings is 1. The van der Waals surface area contributed by atoms with Crippen molar-refractivity contribution in [3.63, 3.8) is 0 Å². The van der Waals surface area contributed by atoms with Crippen LogP contribution in [0, 0.1) is 0 Å². The zero-order valence-corrected chi connectivity index (χ0v) is 13.3. The summed E-state index contributed by atoms with van der Waals surface area (Å²) >= 11 is 0. The molecule has 1 aromatic heterocycles. The van der Waals surface area contributed by atoms with E-state index in [0.717, 1.165) is 22.9 Å². The van der Waals surface area contributed by atoms with E-state index in [0.29, 0.717) is 12.0 Å². The standard InChI is InChI=1S/C17H24N4/c1-11(2)17-19-15(16(18)21(17)14-9-10-14)12-5-7-13(8-6-12)20(3)4/h5-8,11,14H,9-10,18H2,1-4H3. The molecule has 0 bridgehead atoms. The van der Waals surface area contributed by atoms with Crippen molar-refractivity contribution in [2.24, 2.45) is 0 Å². The predicted molar refractivity (Wildman–Crippen MR) is 88.8 cm³/mol. The van der Waals surface area contributed by atoms with Crippen LogP contribution in [0.15, 0.2) is 24.3 Å². The van der Waals surface area contributed by atoms with Crippen LogP contribution in [0.25, 0.3) is 11.3 Å². The fourth-order valence-electron chi connectivity index (χ4n) is 2.72. The highest BCUT2D eigenvalue weighted by Crippen LogP contribution is 2.42. The van der Waals surface area contributed by atoms with Crippen molar-refractivity contribution in [2.45, 2.75) is 38.6 Å². The second-order valence-electron chi connectivity index (χ2n) is 6.40. The van der Waals surface area contributed by atoms with E-state index in [1.807, 2.05) is 14.1 Å². The Morgan fingerprint density at radius 3 is 2.29 bits per heavy atom. The summed E-state index contributed by atoms with van der Waals surface area (Å²) in [5.74, 6) is 2.32. The number of aromatic nitrogens is 2. The van der Waals surface area contributed by atoms with Gasteiger partial charge < -0.3 is 15.2 Å². The fourth-order valence-corrected chi connectivity index (χ4v) is 2.72. The molecule has 2 N–H and O–H groups in total. The number of hydrogen-bond acceptors (Lipinski definition) is 3. The maximum Gasteiger partial charge on any atom is 0.132 e. The van der Waals surface area contributed by atoms with E-state index < -0.39 is 0 Å². The number of nitrogen functional groups attached to an aromatic ring is 1. The Bertz CT molecular complexity index is 634. The smallest absolute Gasteiger partial charge is 0.132 e. The van der Waals surface area contributed by atoms with E-state index in [4.69, 9.17) is 10.7 Å². The number of rotatable bonds is 4. The van der Waals surface area contributed by atoms with Gasteiger partial charge in [0.2, 0.25) is 0 Å². The van der Waals surface area contributed by atoms with E-state index in [9.17, 15) is 0 Å². The number of anilines is 2. The second-order valence-corrected chi connectivity index (χ2v) is 6.40. The van der Waals surface area contributed by atoms with Gasteiger partial charge in [0.15, 0.2) is 0 Å². The molecule has 21 heavy (non-hydrogen) atoms. The van der Waals surface area contributed by atoms with Gasteiger partial charge in [0.05, 0.1) is 0 Å². The molecule has 1 aromatic carbocycles. The average Bonchev–Trinajstić information content (AvgIpc) is 3.22. The maximum atomic E-state index is 6.40. The molecule has 2 aromatic rings. The molecular formula is C17H24N4. The number of nitrogens with two attached hydrogens (primary N) is 1. The van der Waals surface area contributed by atoms with Crippen molar-refractivity contribution in [2.75, 3.05) is 24.7 Å². The molecule has 1 aliphatic carbocycles. The quantitative estimate of drug-likeness (QED) is 0.932. The average molecular weight is 284 g/mol. The third-order valence-corrected chi connectivity index (χ3v) is 4.06. The van der Waals surface area contributed by atoms with Gasteiger partial charge >= 0.3 is 0 Å². The van der Waals surface area contributed by atoms with E-state index >= 15 is 0 Å². The Labute approximate surface area is 126 Å². The van der Waals surface area contributed by atoms with Gasteiger partial charge in [-0.05, 0) is 25.0 Å². The molecule has 3 rings (SSSR count). The fraction of sp³-hybridized carbons (Fsp3) is 0.471. The first kappa shape index (κ1) is 14.0. The molecule has 0 unspecified atom stereocenters. The normalized spacial score (nSPS) is 14.7. The van der Waals surface area contributed by atoms with E-state index in [-0.39, 0.29) is 0 Å². The molecule has 1 saturated carbocycles. The SMILES string of the molecule is CC(C)c1nc(-c2ccc(N(C)C)cc2)c(N)n1C1CC1. The summed E-state index contributed by atoms with van der Waals surface area (Å²) in [5.41, 5.74) is 9.61. The monoisotopic (exact) mass is 284 g/mol. The van der Waals surface area contributed by atoms with Crippen LogP contribution in [-0.4, -0.2) is 23.6 Å². The third-order valence-electron chi connectivity index (χ3n) is 4.06. The Hall–Kier alpha value is -1.97. The Balaban J connectivity index is 2.04. The van der Waals surface area contributed by atoms with E-state index in [1.54, 1.807) is 0 Å². The Kier molecular flexibility index (Phi) is 3.40. The minimum absolute atomic E-state index is 0.391. The maximum absolute atomic E-state index is 6.40. The van der Waals surface area contributed by atoms with Gasteiger partial charge in [0, 0.05) is 37.3 Å². The van der Waals surface area contributed by atoms with Crippen molar-refractivity contribution in [3.8, 4) is 11.3 Å². The lowest BCUT2D eigenvalue weighted by molar-refractivity contribution is 0.646. The summed E-state index contributed by atoms with van der Waals surface area (Å²) in [6.45, 7) is 4.36. The van der Waals surface area contributed by atoms with Crippen LogP contribution in [0.2, 0.25) is 0 Å². The van der Waals surface area contributed by atoms with Crippen molar-refractivity contribution in [1.82, 2.24) is 9.55 Å². The highest BCUT2D eigenvalue weighted by atomic mass is 15.2. The van der Waals surface area contributed by atoms with Gasteiger partial charge in [-0.1, -0.05) is 26.0 Å². The molecule has 1 aliphatic rings. The van der Waals surface area contributed by atoms with E-state index in [2.05, 4.69) is 47.6 Å². The summed E-state index contributed by atoms with van der Waals surface area (Å²) in [6, 6.07) is 9.00. The van der Waals surface area contributed by atoms with Gasteiger partial charge in [0.25, 0.3) is 0 Å². The minimum atomic E-state index is 0.391. The van der Waals surface area contributed by atoms with Crippen molar-refractivity contribution < 1.29 is 0 Å². The van der Waals surface area contributed by atoms with Gasteiger partial charge in [-0.2, -0.15) is 0 Å². The molecule has 4 nitrogen and oxygen atoms in total. The van der Waals surface area contributed by atoms with Crippen LogP contribution in [0.3, 0.4) is 0 Å². The van der Waals surface area contributed by atoms with Crippen molar-refractivity contribution in [1.29, 1.82) is 0 Å². The van der Waals surface area contributed by atoms with Crippen LogP contribution < -0.4 is 10.6 Å². The van der Waals surface area contributed by atoms with Gasteiger partial charge in [-0.25, -0.2) is 4.98 Å². The summed E-state index contributed by atoms with van der Waals surface area (Å²) in [4.78, 5) is 6.93. The molecule has 0 amide bonds. The zero-order valence-electron chi connectivity index (χ0n) is 13.3. The van der Waals surface area contributed by atoms with Crippen LogP contribution in [0.1, 0.15) is 44.5 Å². The summed E-state index contributed by atoms with van der Waals surface area (Å²) in [6.07, 6.45) is 2.44. The van der Waals surface area contributed by atoms with Crippen LogP contribution in [-0.2, 0) is 0 Å². The van der Waals surface area contributed by atoms with Crippen molar-refractivity contribution in [3.05, 3.63) is 30.1 Å². The van der Waals surface area contributed by atoms with Crippen LogP contribution in [0.5, 0.6) is 0 Å². The third kappa shape index (κ3) is 2.50.